The first-order chi connectivity index (χ1) is 11.0. The fourth-order valence-electron chi connectivity index (χ4n) is 2.39. The van der Waals surface area contributed by atoms with Crippen molar-refractivity contribution in [3.8, 4) is 5.69 Å². The molecule has 0 saturated carbocycles. The molecular formula is C16H12Cl2FN3S. The van der Waals surface area contributed by atoms with Crippen molar-refractivity contribution in [3.63, 3.8) is 0 Å². The number of halogens is 3. The molecule has 0 aliphatic rings. The summed E-state index contributed by atoms with van der Waals surface area (Å²) in [5.74, 6) is 0.188. The highest BCUT2D eigenvalue weighted by Crippen LogP contribution is 2.26. The molecule has 7 heteroatoms. The lowest BCUT2D eigenvalue weighted by molar-refractivity contribution is 0.611. The standard InChI is InChI=1S/C16H12Cl2FN3S/c1-9-11(17)4-3-7-14(9)22-15(20-21-16(22)23)8-10-12(18)5-2-6-13(10)19/h2-7H,8H2,1H3,(H,21,23). The average molecular weight is 368 g/mol. The third-order valence-electron chi connectivity index (χ3n) is 3.62. The van der Waals surface area contributed by atoms with E-state index in [0.29, 0.717) is 26.2 Å². The predicted molar refractivity (Wildman–Crippen MR) is 92.7 cm³/mol. The highest BCUT2D eigenvalue weighted by Gasteiger charge is 2.16. The summed E-state index contributed by atoms with van der Waals surface area (Å²) in [6.07, 6.45) is 0.213. The maximum absolute atomic E-state index is 14.0. The van der Waals surface area contributed by atoms with Gasteiger partial charge in [-0.1, -0.05) is 35.3 Å². The number of aromatic nitrogens is 3. The Morgan fingerprint density at radius 3 is 2.61 bits per heavy atom. The van der Waals surface area contributed by atoms with Crippen LogP contribution in [0.4, 0.5) is 4.39 Å². The molecule has 1 aromatic heterocycles. The minimum absolute atomic E-state index is 0.213. The quantitative estimate of drug-likeness (QED) is 0.639. The van der Waals surface area contributed by atoms with E-state index in [2.05, 4.69) is 10.2 Å². The van der Waals surface area contributed by atoms with Gasteiger partial charge in [0.2, 0.25) is 0 Å². The van der Waals surface area contributed by atoms with Crippen LogP contribution in [0.1, 0.15) is 17.0 Å². The molecule has 3 aromatic rings. The summed E-state index contributed by atoms with van der Waals surface area (Å²) < 4.78 is 16.2. The third kappa shape index (κ3) is 3.04. The van der Waals surface area contributed by atoms with Crippen LogP contribution >= 0.6 is 35.4 Å². The van der Waals surface area contributed by atoms with E-state index in [4.69, 9.17) is 35.4 Å². The van der Waals surface area contributed by atoms with Gasteiger partial charge in [-0.25, -0.2) is 4.39 Å². The van der Waals surface area contributed by atoms with E-state index in [9.17, 15) is 4.39 Å². The van der Waals surface area contributed by atoms with Crippen LogP contribution in [0.15, 0.2) is 36.4 Å². The van der Waals surface area contributed by atoms with Gasteiger partial charge in [0.25, 0.3) is 0 Å². The van der Waals surface area contributed by atoms with Crippen LogP contribution in [0.25, 0.3) is 5.69 Å². The minimum Gasteiger partial charge on any atom is -0.272 e. The fraction of sp³-hybridized carbons (Fsp3) is 0.125. The van der Waals surface area contributed by atoms with Crippen molar-refractivity contribution in [1.82, 2.24) is 14.8 Å². The number of nitrogens with zero attached hydrogens (tertiary/aromatic N) is 2. The number of aromatic amines is 1. The lowest BCUT2D eigenvalue weighted by Crippen LogP contribution is -2.06. The second-order valence-electron chi connectivity index (χ2n) is 5.04. The molecule has 0 spiro atoms. The molecule has 0 fully saturated rings. The van der Waals surface area contributed by atoms with Crippen LogP contribution in [0.3, 0.4) is 0 Å². The van der Waals surface area contributed by atoms with Crippen molar-refractivity contribution in [2.24, 2.45) is 0 Å². The number of hydrogen-bond donors (Lipinski definition) is 1. The molecule has 0 radical (unpaired) electrons. The Hall–Kier alpha value is -1.69. The van der Waals surface area contributed by atoms with Crippen molar-refractivity contribution >= 4 is 35.4 Å². The molecule has 0 aliphatic carbocycles. The van der Waals surface area contributed by atoms with E-state index in [1.54, 1.807) is 22.8 Å². The summed E-state index contributed by atoms with van der Waals surface area (Å²) in [4.78, 5) is 0. The largest absolute Gasteiger partial charge is 0.272 e. The monoisotopic (exact) mass is 367 g/mol. The molecule has 23 heavy (non-hydrogen) atoms. The number of hydrogen-bond acceptors (Lipinski definition) is 2. The molecule has 0 bridgehead atoms. The predicted octanol–water partition coefficient (Wildman–Crippen LogP) is 5.28. The lowest BCUT2D eigenvalue weighted by Gasteiger charge is -2.12. The minimum atomic E-state index is -0.374. The van der Waals surface area contributed by atoms with Gasteiger partial charge < -0.3 is 0 Å². The Kier molecular flexibility index (Phi) is 4.53. The Labute approximate surface area is 147 Å². The summed E-state index contributed by atoms with van der Waals surface area (Å²) in [6, 6.07) is 10.1. The fourth-order valence-corrected chi connectivity index (χ4v) is 3.04. The lowest BCUT2D eigenvalue weighted by atomic mass is 10.1. The van der Waals surface area contributed by atoms with Crippen molar-refractivity contribution < 1.29 is 4.39 Å². The second kappa shape index (κ2) is 6.43. The van der Waals surface area contributed by atoms with E-state index < -0.39 is 0 Å². The van der Waals surface area contributed by atoms with Crippen LogP contribution in [-0.2, 0) is 6.42 Å². The van der Waals surface area contributed by atoms with E-state index in [0.717, 1.165) is 11.3 Å². The molecule has 0 amide bonds. The number of benzene rings is 2. The van der Waals surface area contributed by atoms with Crippen molar-refractivity contribution in [1.29, 1.82) is 0 Å². The molecular weight excluding hydrogens is 356 g/mol. The van der Waals surface area contributed by atoms with Gasteiger partial charge in [-0.2, -0.15) is 5.10 Å². The molecule has 1 N–H and O–H groups in total. The van der Waals surface area contributed by atoms with Gasteiger partial charge in [-0.15, -0.1) is 0 Å². The van der Waals surface area contributed by atoms with Gasteiger partial charge in [0.15, 0.2) is 4.77 Å². The normalized spacial score (nSPS) is 11.0. The summed E-state index contributed by atoms with van der Waals surface area (Å²) in [5, 5.41) is 7.95. The zero-order chi connectivity index (χ0) is 16.6. The third-order valence-corrected chi connectivity index (χ3v) is 4.66. The first-order valence-electron chi connectivity index (χ1n) is 6.83. The molecule has 2 aromatic carbocycles. The number of nitrogens with one attached hydrogen (secondary N) is 1. The van der Waals surface area contributed by atoms with Crippen LogP contribution in [-0.4, -0.2) is 14.8 Å². The average Bonchev–Trinajstić information content (AvgIpc) is 2.87. The summed E-state index contributed by atoms with van der Waals surface area (Å²) in [7, 11) is 0. The molecule has 118 valence electrons. The Morgan fingerprint density at radius 2 is 1.87 bits per heavy atom. The van der Waals surface area contributed by atoms with Gasteiger partial charge in [-0.3, -0.25) is 9.67 Å². The summed E-state index contributed by atoms with van der Waals surface area (Å²) >= 11 is 17.6. The van der Waals surface area contributed by atoms with Gasteiger partial charge in [-0.05, 0) is 49.0 Å². The smallest absolute Gasteiger partial charge is 0.199 e. The molecule has 3 nitrogen and oxygen atoms in total. The molecule has 0 atom stereocenters. The Bertz CT molecular complexity index is 913. The van der Waals surface area contributed by atoms with E-state index in [-0.39, 0.29) is 12.2 Å². The van der Waals surface area contributed by atoms with Gasteiger partial charge in [0.05, 0.1) is 5.69 Å². The zero-order valence-electron chi connectivity index (χ0n) is 12.1. The first-order valence-corrected chi connectivity index (χ1v) is 8.00. The number of rotatable bonds is 3. The maximum Gasteiger partial charge on any atom is 0.199 e. The highest BCUT2D eigenvalue weighted by molar-refractivity contribution is 7.71. The number of H-pyrrole nitrogens is 1. The SMILES string of the molecule is Cc1c(Cl)cccc1-n1c(Cc2c(F)cccc2Cl)n[nH]c1=S. The maximum atomic E-state index is 14.0. The van der Waals surface area contributed by atoms with E-state index in [1.165, 1.54) is 6.07 Å². The molecule has 0 aliphatic heterocycles. The molecule has 1 heterocycles. The Morgan fingerprint density at radius 1 is 1.17 bits per heavy atom. The van der Waals surface area contributed by atoms with Gasteiger partial charge >= 0.3 is 0 Å². The Balaban J connectivity index is 2.13. The van der Waals surface area contributed by atoms with E-state index >= 15 is 0 Å². The van der Waals surface area contributed by atoms with Gasteiger partial charge in [0, 0.05) is 22.0 Å². The van der Waals surface area contributed by atoms with Crippen LogP contribution in [0.2, 0.25) is 10.0 Å². The van der Waals surface area contributed by atoms with Crippen LogP contribution in [0.5, 0.6) is 0 Å². The van der Waals surface area contributed by atoms with E-state index in [1.807, 2.05) is 19.1 Å². The molecule has 3 rings (SSSR count). The zero-order valence-corrected chi connectivity index (χ0v) is 14.4. The second-order valence-corrected chi connectivity index (χ2v) is 6.24. The molecule has 0 saturated heterocycles. The van der Waals surface area contributed by atoms with Crippen molar-refractivity contribution in [2.45, 2.75) is 13.3 Å². The van der Waals surface area contributed by atoms with Crippen molar-refractivity contribution in [2.75, 3.05) is 0 Å². The molecule has 0 unspecified atom stereocenters. The van der Waals surface area contributed by atoms with Crippen LogP contribution in [0, 0.1) is 17.5 Å². The summed E-state index contributed by atoms with van der Waals surface area (Å²) in [6.45, 7) is 1.90. The van der Waals surface area contributed by atoms with Gasteiger partial charge in [0.1, 0.15) is 11.6 Å². The highest BCUT2D eigenvalue weighted by atomic mass is 35.5. The van der Waals surface area contributed by atoms with Crippen molar-refractivity contribution in [3.05, 3.63) is 74.0 Å². The topological polar surface area (TPSA) is 33.6 Å². The first kappa shape index (κ1) is 16.2. The van der Waals surface area contributed by atoms with Crippen LogP contribution < -0.4 is 0 Å². The summed E-state index contributed by atoms with van der Waals surface area (Å²) in [5.41, 5.74) is 2.05.